The number of pyridine rings is 1. The number of anilines is 2. The molecule has 0 radical (unpaired) electrons. The van der Waals surface area contributed by atoms with Crippen LogP contribution in [0, 0.1) is 0 Å². The summed E-state index contributed by atoms with van der Waals surface area (Å²) in [5.74, 6) is 5.50. The molecule has 0 amide bonds. The molecule has 0 saturated carbocycles. The van der Waals surface area contributed by atoms with Crippen molar-refractivity contribution in [2.24, 2.45) is 5.84 Å². The highest BCUT2D eigenvalue weighted by Gasteiger charge is 2.32. The SMILES string of the molecule is CC(C)N(CC(F)(F)F)c1ccnc(NN)c1. The number of rotatable bonds is 4. The van der Waals surface area contributed by atoms with Crippen LogP contribution in [0.5, 0.6) is 0 Å². The lowest BCUT2D eigenvalue weighted by molar-refractivity contribution is -0.120. The van der Waals surface area contributed by atoms with Gasteiger partial charge in [-0.2, -0.15) is 13.2 Å². The average Bonchev–Trinajstić information content (AvgIpc) is 2.24. The fourth-order valence-electron chi connectivity index (χ4n) is 1.44. The van der Waals surface area contributed by atoms with Gasteiger partial charge in [-0.15, -0.1) is 0 Å². The normalized spacial score (nSPS) is 11.7. The molecule has 17 heavy (non-hydrogen) atoms. The minimum Gasteiger partial charge on any atom is -0.360 e. The van der Waals surface area contributed by atoms with E-state index in [2.05, 4.69) is 10.4 Å². The number of aromatic nitrogens is 1. The van der Waals surface area contributed by atoms with Crippen molar-refractivity contribution in [2.45, 2.75) is 26.1 Å². The number of nitrogens with two attached hydrogens (primary N) is 1. The summed E-state index contributed by atoms with van der Waals surface area (Å²) in [6.45, 7) is 2.39. The number of hydrogen-bond donors (Lipinski definition) is 2. The molecule has 4 nitrogen and oxygen atoms in total. The maximum atomic E-state index is 12.4. The second-order valence-electron chi connectivity index (χ2n) is 3.88. The van der Waals surface area contributed by atoms with E-state index in [0.717, 1.165) is 0 Å². The number of hydrogen-bond acceptors (Lipinski definition) is 4. The molecule has 3 N–H and O–H groups in total. The lowest BCUT2D eigenvalue weighted by atomic mass is 10.2. The Morgan fingerprint density at radius 2 is 2.12 bits per heavy atom. The van der Waals surface area contributed by atoms with Crippen molar-refractivity contribution in [1.82, 2.24) is 4.98 Å². The summed E-state index contributed by atoms with van der Waals surface area (Å²) in [6.07, 6.45) is -2.83. The molecule has 96 valence electrons. The van der Waals surface area contributed by atoms with Gasteiger partial charge in [0.25, 0.3) is 0 Å². The van der Waals surface area contributed by atoms with E-state index in [1.54, 1.807) is 13.8 Å². The first-order valence-electron chi connectivity index (χ1n) is 5.09. The first-order valence-corrected chi connectivity index (χ1v) is 5.09. The lowest BCUT2D eigenvalue weighted by Crippen LogP contribution is -2.39. The molecule has 1 heterocycles. The Labute approximate surface area is 97.6 Å². The molecule has 7 heteroatoms. The molecule has 0 unspecified atom stereocenters. The molecular formula is C10H15F3N4. The van der Waals surface area contributed by atoms with Gasteiger partial charge in [-0.1, -0.05) is 0 Å². The smallest absolute Gasteiger partial charge is 0.360 e. The van der Waals surface area contributed by atoms with Gasteiger partial charge in [0.2, 0.25) is 0 Å². The molecule has 0 fully saturated rings. The van der Waals surface area contributed by atoms with Crippen LogP contribution in [0.3, 0.4) is 0 Å². The summed E-state index contributed by atoms with van der Waals surface area (Å²) in [5, 5.41) is 0. The van der Waals surface area contributed by atoms with Crippen molar-refractivity contribution < 1.29 is 13.2 Å². The second-order valence-corrected chi connectivity index (χ2v) is 3.88. The van der Waals surface area contributed by atoms with Crippen LogP contribution in [-0.4, -0.2) is 23.7 Å². The van der Waals surface area contributed by atoms with Gasteiger partial charge >= 0.3 is 6.18 Å². The van der Waals surface area contributed by atoms with Gasteiger partial charge in [0.1, 0.15) is 12.4 Å². The fraction of sp³-hybridized carbons (Fsp3) is 0.500. The fourth-order valence-corrected chi connectivity index (χ4v) is 1.44. The van der Waals surface area contributed by atoms with E-state index in [-0.39, 0.29) is 6.04 Å². The van der Waals surface area contributed by atoms with Crippen molar-refractivity contribution in [1.29, 1.82) is 0 Å². The zero-order valence-corrected chi connectivity index (χ0v) is 9.62. The van der Waals surface area contributed by atoms with Gasteiger partial charge in [-0.3, -0.25) is 0 Å². The topological polar surface area (TPSA) is 54.2 Å². The molecule has 0 aliphatic carbocycles. The summed E-state index contributed by atoms with van der Waals surface area (Å²) < 4.78 is 37.3. The summed E-state index contributed by atoms with van der Waals surface area (Å²) in [5.41, 5.74) is 2.74. The highest BCUT2D eigenvalue weighted by atomic mass is 19.4. The zero-order valence-electron chi connectivity index (χ0n) is 9.62. The summed E-state index contributed by atoms with van der Waals surface area (Å²) in [6, 6.07) is 2.72. The summed E-state index contributed by atoms with van der Waals surface area (Å²) in [7, 11) is 0. The van der Waals surface area contributed by atoms with Crippen molar-refractivity contribution in [3.8, 4) is 0 Å². The van der Waals surface area contributed by atoms with Crippen LogP contribution in [0.25, 0.3) is 0 Å². The first kappa shape index (κ1) is 13.6. The van der Waals surface area contributed by atoms with Crippen molar-refractivity contribution in [3.63, 3.8) is 0 Å². The number of halogens is 3. The van der Waals surface area contributed by atoms with Crippen LogP contribution < -0.4 is 16.2 Å². The standard InChI is InChI=1S/C10H15F3N4/c1-7(2)17(6-10(11,12)13)8-3-4-15-9(5-8)16-14/h3-5,7H,6,14H2,1-2H3,(H,15,16). The highest BCUT2D eigenvalue weighted by Crippen LogP contribution is 2.25. The van der Waals surface area contributed by atoms with Gasteiger partial charge in [-0.25, -0.2) is 10.8 Å². The Hall–Kier alpha value is -1.50. The van der Waals surface area contributed by atoms with Gasteiger partial charge < -0.3 is 10.3 Å². The van der Waals surface area contributed by atoms with E-state index in [9.17, 15) is 13.2 Å². The predicted octanol–water partition coefficient (Wildman–Crippen LogP) is 2.14. The zero-order chi connectivity index (χ0) is 13.1. The average molecular weight is 248 g/mol. The molecule has 0 aliphatic rings. The van der Waals surface area contributed by atoms with Crippen molar-refractivity contribution in [2.75, 3.05) is 16.9 Å². The molecular weight excluding hydrogens is 233 g/mol. The third-order valence-corrected chi connectivity index (χ3v) is 2.20. The molecule has 0 aliphatic heterocycles. The van der Waals surface area contributed by atoms with E-state index in [1.807, 2.05) is 0 Å². The predicted molar refractivity (Wildman–Crippen MR) is 60.6 cm³/mol. The Morgan fingerprint density at radius 1 is 1.47 bits per heavy atom. The van der Waals surface area contributed by atoms with E-state index in [4.69, 9.17) is 5.84 Å². The molecule has 0 saturated heterocycles. The molecule has 0 spiro atoms. The highest BCUT2D eigenvalue weighted by molar-refractivity contribution is 5.54. The van der Waals surface area contributed by atoms with Crippen LogP contribution in [0.2, 0.25) is 0 Å². The van der Waals surface area contributed by atoms with Gasteiger partial charge in [0.15, 0.2) is 0 Å². The van der Waals surface area contributed by atoms with E-state index < -0.39 is 12.7 Å². The van der Waals surface area contributed by atoms with Gasteiger partial charge in [0, 0.05) is 24.0 Å². The second kappa shape index (κ2) is 5.22. The maximum Gasteiger partial charge on any atom is 0.405 e. The number of hydrazine groups is 1. The molecule has 1 rings (SSSR count). The molecule has 1 aromatic rings. The monoisotopic (exact) mass is 248 g/mol. The molecule has 0 atom stereocenters. The largest absolute Gasteiger partial charge is 0.405 e. The van der Waals surface area contributed by atoms with Crippen LogP contribution in [0.1, 0.15) is 13.8 Å². The van der Waals surface area contributed by atoms with Crippen LogP contribution >= 0.6 is 0 Å². The van der Waals surface area contributed by atoms with Crippen LogP contribution in [0.15, 0.2) is 18.3 Å². The minimum atomic E-state index is -4.25. The number of nitrogens with zero attached hydrogens (tertiary/aromatic N) is 2. The summed E-state index contributed by atoms with van der Waals surface area (Å²) in [4.78, 5) is 5.09. The first-order chi connectivity index (χ1) is 7.83. The Kier molecular flexibility index (Phi) is 4.17. The maximum absolute atomic E-state index is 12.4. The van der Waals surface area contributed by atoms with Crippen molar-refractivity contribution >= 4 is 11.5 Å². The Balaban J connectivity index is 2.97. The van der Waals surface area contributed by atoms with Crippen LogP contribution in [0.4, 0.5) is 24.7 Å². The minimum absolute atomic E-state index is 0.273. The molecule has 0 bridgehead atoms. The molecule has 0 aromatic carbocycles. The third kappa shape index (κ3) is 4.10. The van der Waals surface area contributed by atoms with E-state index in [1.165, 1.54) is 23.2 Å². The lowest BCUT2D eigenvalue weighted by Gasteiger charge is -2.29. The summed E-state index contributed by atoms with van der Waals surface area (Å²) >= 11 is 0. The molecule has 1 aromatic heterocycles. The number of nitrogen functional groups attached to an aromatic ring is 1. The van der Waals surface area contributed by atoms with Crippen molar-refractivity contribution in [3.05, 3.63) is 18.3 Å². The Morgan fingerprint density at radius 3 is 2.59 bits per heavy atom. The van der Waals surface area contributed by atoms with E-state index >= 15 is 0 Å². The quantitative estimate of drug-likeness (QED) is 0.633. The Bertz CT molecular complexity index is 365. The third-order valence-electron chi connectivity index (χ3n) is 2.20. The van der Waals surface area contributed by atoms with E-state index in [0.29, 0.717) is 11.5 Å². The van der Waals surface area contributed by atoms with Crippen LogP contribution in [-0.2, 0) is 0 Å². The number of nitrogens with one attached hydrogen (secondary N) is 1. The van der Waals surface area contributed by atoms with Gasteiger partial charge in [0.05, 0.1) is 0 Å². The number of alkyl halides is 3. The van der Waals surface area contributed by atoms with Gasteiger partial charge in [-0.05, 0) is 19.9 Å².